The van der Waals surface area contributed by atoms with Crippen molar-refractivity contribution in [3.8, 4) is 17.2 Å². The highest BCUT2D eigenvalue weighted by Gasteiger charge is 2.27. The fraction of sp³-hybridized carbons (Fsp3) is 0.435. The van der Waals surface area contributed by atoms with Crippen LogP contribution in [0.5, 0.6) is 17.2 Å². The minimum Gasteiger partial charge on any atom is -0.491 e. The first kappa shape index (κ1) is 18.8. The van der Waals surface area contributed by atoms with E-state index in [1.54, 1.807) is 6.92 Å². The highest BCUT2D eigenvalue weighted by atomic mass is 16.5. The zero-order chi connectivity index (χ0) is 19.3. The summed E-state index contributed by atoms with van der Waals surface area (Å²) in [5.74, 6) is 2.40. The van der Waals surface area contributed by atoms with Crippen molar-refractivity contribution < 1.29 is 19.0 Å². The molecule has 5 heteroatoms. The summed E-state index contributed by atoms with van der Waals surface area (Å²) < 4.78 is 17.6. The number of benzene rings is 2. The zero-order valence-electron chi connectivity index (χ0n) is 16.4. The topological polar surface area (TPSA) is 48.0 Å². The van der Waals surface area contributed by atoms with E-state index in [1.807, 2.05) is 30.3 Å². The Hall–Kier alpha value is -2.53. The molecule has 0 aromatic heterocycles. The van der Waals surface area contributed by atoms with Gasteiger partial charge >= 0.3 is 0 Å². The van der Waals surface area contributed by atoms with Crippen LogP contribution in [0.15, 0.2) is 42.5 Å². The normalized spacial score (nSPS) is 19.2. The highest BCUT2D eigenvalue weighted by molar-refractivity contribution is 5.96. The van der Waals surface area contributed by atoms with E-state index in [2.05, 4.69) is 17.0 Å². The number of ether oxygens (including phenoxy) is 3. The van der Waals surface area contributed by atoms with Crippen LogP contribution >= 0.6 is 0 Å². The lowest BCUT2D eigenvalue weighted by atomic mass is 10.0. The number of carbonyl (C=O) groups excluding carboxylic acids is 1. The van der Waals surface area contributed by atoms with Crippen LogP contribution in [0, 0.1) is 0 Å². The Balaban J connectivity index is 1.41. The standard InChI is InChI=1S/C23H27NO4/c1-17(25)19-6-2-3-8-21(19)28-15-12-24-11-4-7-20(24)18-9-10-22-23(16-18)27-14-5-13-26-22/h2-3,6,8-10,16,20H,4-5,7,11-15H2,1H3. The van der Waals surface area contributed by atoms with Gasteiger partial charge in [0.25, 0.3) is 0 Å². The number of likely N-dealkylation sites (tertiary alicyclic amines) is 1. The summed E-state index contributed by atoms with van der Waals surface area (Å²) in [6, 6.07) is 14.1. The molecule has 1 saturated heterocycles. The monoisotopic (exact) mass is 381 g/mol. The lowest BCUT2D eigenvalue weighted by Gasteiger charge is -2.25. The number of rotatable bonds is 6. The Kier molecular flexibility index (Phi) is 5.81. The molecular weight excluding hydrogens is 354 g/mol. The van der Waals surface area contributed by atoms with Crippen LogP contribution in [0.1, 0.15) is 48.1 Å². The maximum Gasteiger partial charge on any atom is 0.163 e. The second-order valence-electron chi connectivity index (χ2n) is 7.35. The molecule has 2 aromatic carbocycles. The fourth-order valence-electron chi connectivity index (χ4n) is 4.01. The van der Waals surface area contributed by atoms with E-state index in [0.717, 1.165) is 37.4 Å². The summed E-state index contributed by atoms with van der Waals surface area (Å²) in [4.78, 5) is 14.2. The van der Waals surface area contributed by atoms with Crippen molar-refractivity contribution in [2.75, 3.05) is 32.9 Å². The quantitative estimate of drug-likeness (QED) is 0.700. The zero-order valence-corrected chi connectivity index (χ0v) is 16.4. The molecule has 0 spiro atoms. The summed E-state index contributed by atoms with van der Waals surface area (Å²) >= 11 is 0. The maximum absolute atomic E-state index is 11.8. The molecule has 2 aliphatic heterocycles. The number of ketones is 1. The molecule has 5 nitrogen and oxygen atoms in total. The Morgan fingerprint density at radius 2 is 1.93 bits per heavy atom. The Morgan fingerprint density at radius 1 is 1.11 bits per heavy atom. The first-order chi connectivity index (χ1) is 13.7. The molecule has 2 heterocycles. The number of fused-ring (bicyclic) bond motifs is 1. The molecule has 1 fully saturated rings. The summed E-state index contributed by atoms with van der Waals surface area (Å²) in [5.41, 5.74) is 1.91. The number of para-hydroxylation sites is 1. The van der Waals surface area contributed by atoms with E-state index in [-0.39, 0.29) is 5.78 Å². The predicted molar refractivity (Wildman–Crippen MR) is 108 cm³/mol. The minimum absolute atomic E-state index is 0.0295. The third-order valence-corrected chi connectivity index (χ3v) is 5.42. The molecule has 0 aliphatic carbocycles. The number of carbonyl (C=O) groups is 1. The predicted octanol–water partition coefficient (Wildman–Crippen LogP) is 4.27. The lowest BCUT2D eigenvalue weighted by Crippen LogP contribution is -2.28. The molecule has 0 bridgehead atoms. The second kappa shape index (κ2) is 8.65. The van der Waals surface area contributed by atoms with Crippen molar-refractivity contribution in [1.29, 1.82) is 0 Å². The molecule has 0 radical (unpaired) electrons. The van der Waals surface area contributed by atoms with Crippen molar-refractivity contribution in [1.82, 2.24) is 4.90 Å². The summed E-state index contributed by atoms with van der Waals surface area (Å²) in [7, 11) is 0. The van der Waals surface area contributed by atoms with Crippen LogP contribution in [0.3, 0.4) is 0 Å². The van der Waals surface area contributed by atoms with Crippen LogP contribution in [-0.4, -0.2) is 43.6 Å². The third kappa shape index (κ3) is 4.14. The van der Waals surface area contributed by atoms with Crippen LogP contribution in [0.4, 0.5) is 0 Å². The summed E-state index contributed by atoms with van der Waals surface area (Å²) in [5, 5.41) is 0. The minimum atomic E-state index is 0.0295. The SMILES string of the molecule is CC(=O)c1ccccc1OCCN1CCCC1c1ccc2c(c1)OCCCO2. The molecule has 148 valence electrons. The number of hydrogen-bond acceptors (Lipinski definition) is 5. The van der Waals surface area contributed by atoms with Gasteiger partial charge in [0.2, 0.25) is 0 Å². The maximum atomic E-state index is 11.8. The molecular formula is C23H27NO4. The van der Waals surface area contributed by atoms with Crippen LogP contribution in [-0.2, 0) is 0 Å². The molecule has 1 atom stereocenters. The van der Waals surface area contributed by atoms with Gasteiger partial charge in [-0.25, -0.2) is 0 Å². The van der Waals surface area contributed by atoms with E-state index in [1.165, 1.54) is 12.0 Å². The van der Waals surface area contributed by atoms with Gasteiger partial charge in [0.05, 0.1) is 18.8 Å². The Labute approximate surface area is 166 Å². The smallest absolute Gasteiger partial charge is 0.163 e. The Morgan fingerprint density at radius 3 is 2.79 bits per heavy atom. The van der Waals surface area contributed by atoms with Gasteiger partial charge in [0.15, 0.2) is 17.3 Å². The number of Topliss-reactive ketones (excluding diaryl/α,β-unsaturated/α-hetero) is 1. The average molecular weight is 381 g/mol. The average Bonchev–Trinajstić information content (AvgIpc) is 3.04. The van der Waals surface area contributed by atoms with Gasteiger partial charge < -0.3 is 14.2 Å². The van der Waals surface area contributed by atoms with Gasteiger partial charge in [0, 0.05) is 19.0 Å². The molecule has 0 saturated carbocycles. The van der Waals surface area contributed by atoms with Crippen LogP contribution in [0.2, 0.25) is 0 Å². The van der Waals surface area contributed by atoms with E-state index < -0.39 is 0 Å². The lowest BCUT2D eigenvalue weighted by molar-refractivity contribution is 0.101. The number of nitrogens with zero attached hydrogens (tertiary/aromatic N) is 1. The first-order valence-electron chi connectivity index (χ1n) is 10.1. The van der Waals surface area contributed by atoms with Gasteiger partial charge in [-0.2, -0.15) is 0 Å². The molecule has 1 unspecified atom stereocenters. The van der Waals surface area contributed by atoms with Crippen molar-refractivity contribution in [2.24, 2.45) is 0 Å². The van der Waals surface area contributed by atoms with Gasteiger partial charge in [-0.15, -0.1) is 0 Å². The van der Waals surface area contributed by atoms with Crippen molar-refractivity contribution in [2.45, 2.75) is 32.2 Å². The van der Waals surface area contributed by atoms with Crippen molar-refractivity contribution in [3.05, 3.63) is 53.6 Å². The van der Waals surface area contributed by atoms with Crippen LogP contribution in [0.25, 0.3) is 0 Å². The first-order valence-corrected chi connectivity index (χ1v) is 10.1. The van der Waals surface area contributed by atoms with Crippen LogP contribution < -0.4 is 14.2 Å². The van der Waals surface area contributed by atoms with Crippen molar-refractivity contribution >= 4 is 5.78 Å². The van der Waals surface area contributed by atoms with E-state index in [9.17, 15) is 4.79 Å². The summed E-state index contributed by atoms with van der Waals surface area (Å²) in [6.07, 6.45) is 3.21. The van der Waals surface area contributed by atoms with E-state index >= 15 is 0 Å². The number of hydrogen-bond donors (Lipinski definition) is 0. The van der Waals surface area contributed by atoms with E-state index in [4.69, 9.17) is 14.2 Å². The molecule has 4 rings (SSSR count). The fourth-order valence-corrected chi connectivity index (χ4v) is 4.01. The third-order valence-electron chi connectivity index (χ3n) is 5.42. The molecule has 28 heavy (non-hydrogen) atoms. The summed E-state index contributed by atoms with van der Waals surface area (Å²) in [6.45, 7) is 5.42. The largest absolute Gasteiger partial charge is 0.491 e. The molecule has 2 aromatic rings. The molecule has 2 aliphatic rings. The second-order valence-corrected chi connectivity index (χ2v) is 7.35. The van der Waals surface area contributed by atoms with Crippen molar-refractivity contribution in [3.63, 3.8) is 0 Å². The Bertz CT molecular complexity index is 835. The van der Waals surface area contributed by atoms with E-state index in [0.29, 0.717) is 37.2 Å². The van der Waals surface area contributed by atoms with Gasteiger partial charge in [-0.3, -0.25) is 9.69 Å². The molecule has 0 amide bonds. The van der Waals surface area contributed by atoms with Gasteiger partial charge in [0.1, 0.15) is 12.4 Å². The highest BCUT2D eigenvalue weighted by Crippen LogP contribution is 2.37. The van der Waals surface area contributed by atoms with Gasteiger partial charge in [-0.05, 0) is 56.1 Å². The van der Waals surface area contributed by atoms with Gasteiger partial charge in [-0.1, -0.05) is 18.2 Å². The molecule has 0 N–H and O–H groups in total.